The third kappa shape index (κ3) is 2.71. The van der Waals surface area contributed by atoms with Crippen LogP contribution in [0.3, 0.4) is 0 Å². The Balaban J connectivity index is 2.40. The molecule has 3 atom stereocenters. The van der Waals surface area contributed by atoms with Crippen molar-refractivity contribution in [3.05, 3.63) is 0 Å². The molecule has 3 nitrogen and oxygen atoms in total. The third-order valence-corrected chi connectivity index (χ3v) is 3.26. The normalized spacial score (nSPS) is 29.2. The molecule has 1 aliphatic heterocycles. The number of amides is 1. The fourth-order valence-electron chi connectivity index (χ4n) is 1.62. The van der Waals surface area contributed by atoms with Gasteiger partial charge < -0.3 is 10.6 Å². The molecule has 1 heterocycles. The summed E-state index contributed by atoms with van der Waals surface area (Å²) in [5.74, 6) is 1.28. The molecule has 0 radical (unpaired) electrons. The van der Waals surface area contributed by atoms with E-state index in [4.69, 9.17) is 0 Å². The fraction of sp³-hybridized carbons (Fsp3) is 0.909. The summed E-state index contributed by atoms with van der Waals surface area (Å²) in [6.07, 6.45) is 0. The van der Waals surface area contributed by atoms with E-state index in [2.05, 4.69) is 31.4 Å². The molecule has 0 aromatic carbocycles. The van der Waals surface area contributed by atoms with E-state index in [9.17, 15) is 4.79 Å². The molecule has 1 aliphatic rings. The van der Waals surface area contributed by atoms with E-state index in [1.807, 2.05) is 6.92 Å². The Kier molecular flexibility index (Phi) is 3.93. The van der Waals surface area contributed by atoms with Gasteiger partial charge in [0.15, 0.2) is 0 Å². The van der Waals surface area contributed by atoms with E-state index < -0.39 is 0 Å². The number of carbonyl (C=O) groups excluding carboxylic acids is 1. The number of nitrogens with one attached hydrogen (secondary N) is 2. The summed E-state index contributed by atoms with van der Waals surface area (Å²) in [5, 5.41) is 6.39. The van der Waals surface area contributed by atoms with Gasteiger partial charge in [-0.1, -0.05) is 27.7 Å². The SMILES string of the molecule is CC(C)C(C)C(=O)NC1CNCC1C. The van der Waals surface area contributed by atoms with Crippen LogP contribution in [0.15, 0.2) is 0 Å². The van der Waals surface area contributed by atoms with Crippen LogP contribution in [0.1, 0.15) is 27.7 Å². The summed E-state index contributed by atoms with van der Waals surface area (Å²) in [6, 6.07) is 0.323. The standard InChI is InChI=1S/C11H22N2O/c1-7(2)9(4)11(14)13-10-6-12-5-8(10)3/h7-10,12H,5-6H2,1-4H3,(H,13,14). The summed E-state index contributed by atoms with van der Waals surface area (Å²) in [7, 11) is 0. The first-order valence-electron chi connectivity index (χ1n) is 5.53. The third-order valence-electron chi connectivity index (χ3n) is 3.26. The van der Waals surface area contributed by atoms with Gasteiger partial charge >= 0.3 is 0 Å². The van der Waals surface area contributed by atoms with Crippen molar-refractivity contribution < 1.29 is 4.79 Å². The molecule has 14 heavy (non-hydrogen) atoms. The van der Waals surface area contributed by atoms with E-state index in [0.29, 0.717) is 17.9 Å². The molecule has 0 aromatic rings. The number of hydrogen-bond donors (Lipinski definition) is 2. The second kappa shape index (κ2) is 4.78. The summed E-state index contributed by atoms with van der Waals surface area (Å²) >= 11 is 0. The lowest BCUT2D eigenvalue weighted by molar-refractivity contribution is -0.126. The average Bonchev–Trinajstić information content (AvgIpc) is 2.50. The van der Waals surface area contributed by atoms with Gasteiger partial charge in [0, 0.05) is 18.5 Å². The van der Waals surface area contributed by atoms with Gasteiger partial charge in [0.05, 0.1) is 0 Å². The Hall–Kier alpha value is -0.570. The highest BCUT2D eigenvalue weighted by atomic mass is 16.1. The van der Waals surface area contributed by atoms with Crippen molar-refractivity contribution in [1.82, 2.24) is 10.6 Å². The molecule has 1 amide bonds. The summed E-state index contributed by atoms with van der Waals surface area (Å²) in [4.78, 5) is 11.7. The molecular weight excluding hydrogens is 176 g/mol. The molecule has 3 heteroatoms. The van der Waals surface area contributed by atoms with Gasteiger partial charge in [0.1, 0.15) is 0 Å². The quantitative estimate of drug-likeness (QED) is 0.710. The Bertz CT molecular complexity index is 203. The second-order valence-electron chi connectivity index (χ2n) is 4.78. The zero-order valence-electron chi connectivity index (χ0n) is 9.63. The molecule has 0 spiro atoms. The first-order valence-corrected chi connectivity index (χ1v) is 5.53. The molecular formula is C11H22N2O. The lowest BCUT2D eigenvalue weighted by Crippen LogP contribution is -2.43. The van der Waals surface area contributed by atoms with Crippen molar-refractivity contribution in [2.75, 3.05) is 13.1 Å². The molecule has 82 valence electrons. The highest BCUT2D eigenvalue weighted by Crippen LogP contribution is 2.12. The van der Waals surface area contributed by atoms with Crippen molar-refractivity contribution in [2.45, 2.75) is 33.7 Å². The van der Waals surface area contributed by atoms with Crippen molar-refractivity contribution in [3.63, 3.8) is 0 Å². The van der Waals surface area contributed by atoms with Gasteiger partial charge in [-0.25, -0.2) is 0 Å². The van der Waals surface area contributed by atoms with Crippen LogP contribution in [-0.2, 0) is 4.79 Å². The van der Waals surface area contributed by atoms with Crippen LogP contribution in [-0.4, -0.2) is 25.0 Å². The zero-order chi connectivity index (χ0) is 10.7. The monoisotopic (exact) mass is 198 g/mol. The lowest BCUT2D eigenvalue weighted by Gasteiger charge is -2.21. The Morgan fingerprint density at radius 1 is 1.36 bits per heavy atom. The second-order valence-corrected chi connectivity index (χ2v) is 4.78. The van der Waals surface area contributed by atoms with Gasteiger partial charge in [-0.3, -0.25) is 4.79 Å². The van der Waals surface area contributed by atoms with Crippen molar-refractivity contribution in [2.24, 2.45) is 17.8 Å². The minimum atomic E-state index is 0.114. The van der Waals surface area contributed by atoms with E-state index in [1.54, 1.807) is 0 Å². The minimum absolute atomic E-state index is 0.114. The maximum Gasteiger partial charge on any atom is 0.223 e. The van der Waals surface area contributed by atoms with Crippen LogP contribution in [0.25, 0.3) is 0 Å². The molecule has 3 unspecified atom stereocenters. The first-order chi connectivity index (χ1) is 6.52. The molecule has 0 aliphatic carbocycles. The summed E-state index contributed by atoms with van der Waals surface area (Å²) in [5.41, 5.74) is 0. The number of rotatable bonds is 3. The summed E-state index contributed by atoms with van der Waals surface area (Å²) in [6.45, 7) is 10.3. The predicted molar refractivity (Wildman–Crippen MR) is 58.0 cm³/mol. The van der Waals surface area contributed by atoms with Gasteiger partial charge in [0.2, 0.25) is 5.91 Å². The highest BCUT2D eigenvalue weighted by molar-refractivity contribution is 5.78. The molecule has 0 aromatic heterocycles. The molecule has 2 N–H and O–H groups in total. The van der Waals surface area contributed by atoms with Gasteiger partial charge in [-0.05, 0) is 18.4 Å². The van der Waals surface area contributed by atoms with Crippen LogP contribution in [0, 0.1) is 17.8 Å². The van der Waals surface area contributed by atoms with Crippen molar-refractivity contribution >= 4 is 5.91 Å². The molecule has 0 saturated carbocycles. The first kappa shape index (κ1) is 11.5. The van der Waals surface area contributed by atoms with Crippen molar-refractivity contribution in [3.8, 4) is 0 Å². The summed E-state index contributed by atoms with van der Waals surface area (Å²) < 4.78 is 0. The Morgan fingerprint density at radius 3 is 2.43 bits per heavy atom. The minimum Gasteiger partial charge on any atom is -0.352 e. The predicted octanol–water partition coefficient (Wildman–Crippen LogP) is 1.00. The van der Waals surface area contributed by atoms with Gasteiger partial charge in [0.25, 0.3) is 0 Å². The zero-order valence-corrected chi connectivity index (χ0v) is 9.63. The number of hydrogen-bond acceptors (Lipinski definition) is 2. The number of carbonyl (C=O) groups is 1. The molecule has 1 rings (SSSR count). The van der Waals surface area contributed by atoms with Crippen LogP contribution in [0.2, 0.25) is 0 Å². The fourth-order valence-corrected chi connectivity index (χ4v) is 1.62. The van der Waals surface area contributed by atoms with Crippen molar-refractivity contribution in [1.29, 1.82) is 0 Å². The van der Waals surface area contributed by atoms with Crippen LogP contribution in [0.4, 0.5) is 0 Å². The molecule has 1 fully saturated rings. The van der Waals surface area contributed by atoms with Crippen LogP contribution >= 0.6 is 0 Å². The maximum absolute atomic E-state index is 11.7. The topological polar surface area (TPSA) is 41.1 Å². The highest BCUT2D eigenvalue weighted by Gasteiger charge is 2.26. The lowest BCUT2D eigenvalue weighted by atomic mass is 9.96. The molecule has 0 bridgehead atoms. The van der Waals surface area contributed by atoms with Crippen LogP contribution in [0.5, 0.6) is 0 Å². The van der Waals surface area contributed by atoms with Gasteiger partial charge in [-0.2, -0.15) is 0 Å². The van der Waals surface area contributed by atoms with E-state index in [1.165, 1.54) is 0 Å². The Morgan fingerprint density at radius 2 is 2.00 bits per heavy atom. The van der Waals surface area contributed by atoms with E-state index >= 15 is 0 Å². The molecule has 1 saturated heterocycles. The Labute approximate surface area is 86.6 Å². The van der Waals surface area contributed by atoms with E-state index in [-0.39, 0.29) is 11.8 Å². The van der Waals surface area contributed by atoms with E-state index in [0.717, 1.165) is 13.1 Å². The smallest absolute Gasteiger partial charge is 0.223 e. The van der Waals surface area contributed by atoms with Crippen LogP contribution < -0.4 is 10.6 Å². The largest absolute Gasteiger partial charge is 0.352 e. The van der Waals surface area contributed by atoms with Gasteiger partial charge in [-0.15, -0.1) is 0 Å². The maximum atomic E-state index is 11.7. The average molecular weight is 198 g/mol.